The number of aryl methyl sites for hydroxylation is 1. The predicted octanol–water partition coefficient (Wildman–Crippen LogP) is 5.14. The number of rotatable bonds is 7. The maximum Gasteiger partial charge on any atom is 0.240 e. The van der Waals surface area contributed by atoms with Crippen molar-refractivity contribution in [3.63, 3.8) is 0 Å². The van der Waals surface area contributed by atoms with Gasteiger partial charge in [0.2, 0.25) is 10.0 Å². The molecule has 3 aromatic rings. The fourth-order valence-electron chi connectivity index (χ4n) is 3.39. The first-order valence-electron chi connectivity index (χ1n) is 9.71. The summed E-state index contributed by atoms with van der Waals surface area (Å²) in [6.45, 7) is 2.34. The molecule has 0 amide bonds. The fraction of sp³-hybridized carbons (Fsp3) is 0.286. The summed E-state index contributed by atoms with van der Waals surface area (Å²) in [5, 5.41) is 24.0. The van der Waals surface area contributed by atoms with Crippen molar-refractivity contribution < 1.29 is 23.1 Å². The largest absolute Gasteiger partial charge is 0.506 e. The van der Waals surface area contributed by atoms with Gasteiger partial charge in [-0.1, -0.05) is 12.1 Å². The molecule has 0 saturated heterocycles. The number of nitrogens with one attached hydrogen (secondary N) is 1. The quantitative estimate of drug-likeness (QED) is 0.206. The third-order valence-electron chi connectivity index (χ3n) is 5.25. The predicted molar refractivity (Wildman–Crippen MR) is 124 cm³/mol. The smallest absolute Gasteiger partial charge is 0.240 e. The molecule has 1 aliphatic rings. The molecule has 164 valence electrons. The number of sulfonamides is 1. The van der Waals surface area contributed by atoms with Crippen LogP contribution in [-0.4, -0.2) is 31.0 Å². The van der Waals surface area contributed by atoms with Gasteiger partial charge < -0.3 is 14.7 Å². The normalized spacial score (nSPS) is 15.0. The first-order chi connectivity index (χ1) is 14.7. The van der Waals surface area contributed by atoms with Gasteiger partial charge in [-0.2, -0.15) is 0 Å². The maximum atomic E-state index is 12.6. The summed E-state index contributed by atoms with van der Waals surface area (Å²) in [5.41, 5.74) is 1.75. The van der Waals surface area contributed by atoms with Crippen LogP contribution >= 0.6 is 31.9 Å². The SMILES string of the molecule is CCc1oc2cc(S(=O)(=O)NCC3CC3)ccc2c1C(=NO)c1cc(Br)c(O)c(Br)c1. The van der Waals surface area contributed by atoms with Crippen molar-refractivity contribution in [2.75, 3.05) is 6.54 Å². The Bertz CT molecular complexity index is 1270. The minimum absolute atomic E-state index is 0.0300. The molecule has 1 aliphatic carbocycles. The van der Waals surface area contributed by atoms with E-state index < -0.39 is 10.0 Å². The Labute approximate surface area is 196 Å². The van der Waals surface area contributed by atoms with E-state index in [9.17, 15) is 18.7 Å². The number of phenolic OH excluding ortho intramolecular Hbond substituents is 1. The summed E-state index contributed by atoms with van der Waals surface area (Å²) >= 11 is 6.58. The molecule has 7 nitrogen and oxygen atoms in total. The zero-order valence-corrected chi connectivity index (χ0v) is 20.5. The van der Waals surface area contributed by atoms with E-state index >= 15 is 0 Å². The molecular weight excluding hydrogens is 552 g/mol. The summed E-state index contributed by atoms with van der Waals surface area (Å²) in [6, 6.07) is 7.94. The van der Waals surface area contributed by atoms with E-state index in [1.165, 1.54) is 12.1 Å². The van der Waals surface area contributed by atoms with Gasteiger partial charge in [-0.25, -0.2) is 13.1 Å². The third kappa shape index (κ3) is 4.39. The van der Waals surface area contributed by atoms with Gasteiger partial charge in [0.1, 0.15) is 22.8 Å². The lowest BCUT2D eigenvalue weighted by Gasteiger charge is -2.09. The number of hydrogen-bond donors (Lipinski definition) is 3. The van der Waals surface area contributed by atoms with E-state index in [2.05, 4.69) is 41.7 Å². The Morgan fingerprint density at radius 3 is 2.48 bits per heavy atom. The van der Waals surface area contributed by atoms with E-state index in [0.717, 1.165) is 12.8 Å². The lowest BCUT2D eigenvalue weighted by Crippen LogP contribution is -2.25. The molecule has 0 atom stereocenters. The van der Waals surface area contributed by atoms with Gasteiger partial charge in [0.15, 0.2) is 0 Å². The Morgan fingerprint density at radius 1 is 1.23 bits per heavy atom. The van der Waals surface area contributed by atoms with E-state index in [1.54, 1.807) is 18.2 Å². The van der Waals surface area contributed by atoms with Crippen molar-refractivity contribution in [1.29, 1.82) is 0 Å². The van der Waals surface area contributed by atoms with E-state index in [1.807, 2.05) is 6.92 Å². The van der Waals surface area contributed by atoms with Crippen LogP contribution in [0.3, 0.4) is 0 Å². The third-order valence-corrected chi connectivity index (χ3v) is 7.88. The molecule has 3 N–H and O–H groups in total. The molecular formula is C21H20Br2N2O5S. The molecule has 1 fully saturated rings. The van der Waals surface area contributed by atoms with Crippen LogP contribution in [0, 0.1) is 5.92 Å². The summed E-state index contributed by atoms with van der Waals surface area (Å²) < 4.78 is 34.7. The highest BCUT2D eigenvalue weighted by molar-refractivity contribution is 9.11. The zero-order chi connectivity index (χ0) is 22.3. The molecule has 10 heteroatoms. The zero-order valence-electron chi connectivity index (χ0n) is 16.5. The van der Waals surface area contributed by atoms with E-state index in [-0.39, 0.29) is 16.4 Å². The van der Waals surface area contributed by atoms with Crippen LogP contribution in [0.15, 0.2) is 53.7 Å². The van der Waals surface area contributed by atoms with Crippen LogP contribution in [0.25, 0.3) is 11.0 Å². The van der Waals surface area contributed by atoms with Crippen molar-refractivity contribution in [1.82, 2.24) is 4.72 Å². The minimum Gasteiger partial charge on any atom is -0.506 e. The fourth-order valence-corrected chi connectivity index (χ4v) is 5.71. The second-order valence-corrected chi connectivity index (χ2v) is 10.9. The van der Waals surface area contributed by atoms with Crippen LogP contribution in [0.1, 0.15) is 36.7 Å². The molecule has 4 rings (SSSR count). The summed E-state index contributed by atoms with van der Waals surface area (Å²) in [5.74, 6) is 1.01. The highest BCUT2D eigenvalue weighted by atomic mass is 79.9. The summed E-state index contributed by atoms with van der Waals surface area (Å²) in [7, 11) is -3.64. The van der Waals surface area contributed by atoms with Crippen LogP contribution in [0.2, 0.25) is 0 Å². The molecule has 31 heavy (non-hydrogen) atoms. The van der Waals surface area contributed by atoms with Gasteiger partial charge >= 0.3 is 0 Å². The highest BCUT2D eigenvalue weighted by Crippen LogP contribution is 2.36. The molecule has 0 bridgehead atoms. The topological polar surface area (TPSA) is 112 Å². The average Bonchev–Trinajstić information content (AvgIpc) is 3.51. The second-order valence-electron chi connectivity index (χ2n) is 7.44. The average molecular weight is 572 g/mol. The Balaban J connectivity index is 1.80. The van der Waals surface area contributed by atoms with Crippen molar-refractivity contribution in [3.05, 3.63) is 56.2 Å². The number of halogens is 2. The summed E-state index contributed by atoms with van der Waals surface area (Å²) in [6.07, 6.45) is 2.61. The monoisotopic (exact) mass is 570 g/mol. The van der Waals surface area contributed by atoms with Gasteiger partial charge in [0.05, 0.1) is 19.4 Å². The number of aromatic hydroxyl groups is 1. The van der Waals surface area contributed by atoms with Crippen LogP contribution in [-0.2, 0) is 16.4 Å². The molecule has 1 aromatic heterocycles. The minimum atomic E-state index is -3.64. The van der Waals surface area contributed by atoms with Crippen LogP contribution in [0.4, 0.5) is 0 Å². The molecule has 0 unspecified atom stereocenters. The number of nitrogens with zero attached hydrogens (tertiary/aromatic N) is 1. The van der Waals surface area contributed by atoms with Crippen molar-refractivity contribution in [2.45, 2.75) is 31.1 Å². The molecule has 0 spiro atoms. The van der Waals surface area contributed by atoms with Crippen molar-refractivity contribution in [3.8, 4) is 5.75 Å². The standard InChI is InChI=1S/C21H20Br2N2O5S/c1-2-17-19(20(25-27)12-7-15(22)21(26)16(23)8-12)14-6-5-13(9-18(14)30-17)31(28,29)24-10-11-3-4-11/h5-9,11,24,26-27H,2-4,10H2,1H3. The lowest BCUT2D eigenvalue weighted by molar-refractivity contribution is 0.319. The molecule has 1 heterocycles. The Hall–Kier alpha value is -1.88. The molecule has 0 radical (unpaired) electrons. The molecule has 1 saturated carbocycles. The number of benzene rings is 2. The number of phenols is 1. The van der Waals surface area contributed by atoms with Crippen LogP contribution < -0.4 is 4.72 Å². The number of fused-ring (bicyclic) bond motifs is 1. The van der Waals surface area contributed by atoms with Crippen molar-refractivity contribution in [2.24, 2.45) is 11.1 Å². The first-order valence-corrected chi connectivity index (χ1v) is 12.8. The number of oxime groups is 1. The van der Waals surface area contributed by atoms with Crippen molar-refractivity contribution >= 4 is 58.6 Å². The maximum absolute atomic E-state index is 12.6. The van der Waals surface area contributed by atoms with Gasteiger partial charge in [-0.05, 0) is 74.9 Å². The first kappa shape index (κ1) is 22.3. The molecule has 2 aromatic carbocycles. The van der Waals surface area contributed by atoms with Gasteiger partial charge in [-0.15, -0.1) is 0 Å². The lowest BCUT2D eigenvalue weighted by atomic mass is 9.98. The number of furan rings is 1. The van der Waals surface area contributed by atoms with Gasteiger partial charge in [-0.3, -0.25) is 0 Å². The second kappa shape index (κ2) is 8.57. The Morgan fingerprint density at radius 2 is 1.90 bits per heavy atom. The number of hydrogen-bond acceptors (Lipinski definition) is 6. The van der Waals surface area contributed by atoms with E-state index in [0.29, 0.717) is 55.7 Å². The van der Waals surface area contributed by atoms with Crippen LogP contribution in [0.5, 0.6) is 5.75 Å². The summed E-state index contributed by atoms with van der Waals surface area (Å²) in [4.78, 5) is 0.126. The van der Waals surface area contributed by atoms with Gasteiger partial charge in [0, 0.05) is 30.0 Å². The Kier molecular flexibility index (Phi) is 6.17. The van der Waals surface area contributed by atoms with E-state index in [4.69, 9.17) is 4.42 Å². The van der Waals surface area contributed by atoms with Gasteiger partial charge in [0.25, 0.3) is 0 Å². The highest BCUT2D eigenvalue weighted by Gasteiger charge is 2.26. The molecule has 0 aliphatic heterocycles.